The number of anilines is 1. The second-order valence-electron chi connectivity index (χ2n) is 10.8. The molecule has 3 amide bonds. The van der Waals surface area contributed by atoms with Crippen LogP contribution in [0.15, 0.2) is 30.3 Å². The average Bonchev–Trinajstić information content (AvgIpc) is 3.48. The van der Waals surface area contributed by atoms with Gasteiger partial charge in [0.2, 0.25) is 17.7 Å². The van der Waals surface area contributed by atoms with E-state index in [2.05, 4.69) is 10.6 Å². The molecule has 2 unspecified atom stereocenters. The molecule has 35 heavy (non-hydrogen) atoms. The first kappa shape index (κ1) is 24.3. The molecule has 3 heterocycles. The molecule has 8 heteroatoms. The molecule has 0 radical (unpaired) electrons. The Morgan fingerprint density at radius 3 is 2.51 bits per heavy atom. The molecule has 8 nitrogen and oxygen atoms in total. The Morgan fingerprint density at radius 2 is 1.86 bits per heavy atom. The molecule has 0 aromatic heterocycles. The van der Waals surface area contributed by atoms with Gasteiger partial charge in [-0.15, -0.1) is 0 Å². The van der Waals surface area contributed by atoms with Crippen LogP contribution < -0.4 is 10.6 Å². The Labute approximate surface area is 206 Å². The fraction of sp³-hybridized carbons (Fsp3) is 0.667. The van der Waals surface area contributed by atoms with Gasteiger partial charge in [0, 0.05) is 11.7 Å². The Balaban J connectivity index is 1.50. The molecule has 1 aromatic carbocycles. The van der Waals surface area contributed by atoms with Gasteiger partial charge in [-0.05, 0) is 51.2 Å². The van der Waals surface area contributed by atoms with E-state index in [1.807, 2.05) is 37.3 Å². The maximum Gasteiger partial charge on any atom is 0.246 e. The first-order valence-electron chi connectivity index (χ1n) is 13.2. The van der Waals surface area contributed by atoms with Gasteiger partial charge < -0.3 is 25.4 Å². The van der Waals surface area contributed by atoms with Crippen molar-refractivity contribution in [1.29, 1.82) is 0 Å². The molecular weight excluding hydrogens is 446 g/mol. The first-order chi connectivity index (χ1) is 16.9. The molecule has 1 aromatic rings. The Bertz CT molecular complexity index is 980. The number of nitrogens with zero attached hydrogens (tertiary/aromatic N) is 1. The minimum atomic E-state index is -1.06. The smallest absolute Gasteiger partial charge is 0.246 e. The van der Waals surface area contributed by atoms with E-state index in [0.29, 0.717) is 24.9 Å². The van der Waals surface area contributed by atoms with Crippen molar-refractivity contribution in [1.82, 2.24) is 10.2 Å². The van der Waals surface area contributed by atoms with Crippen LogP contribution in [-0.4, -0.2) is 63.7 Å². The van der Waals surface area contributed by atoms with Crippen LogP contribution in [0.4, 0.5) is 5.69 Å². The molecule has 190 valence electrons. The molecule has 5 rings (SSSR count). The van der Waals surface area contributed by atoms with Crippen LogP contribution in [0, 0.1) is 11.8 Å². The Kier molecular flexibility index (Phi) is 6.38. The second kappa shape index (κ2) is 9.21. The van der Waals surface area contributed by atoms with Gasteiger partial charge in [-0.1, -0.05) is 44.4 Å². The first-order valence-corrected chi connectivity index (χ1v) is 13.2. The highest BCUT2D eigenvalue weighted by atomic mass is 16.5. The van der Waals surface area contributed by atoms with E-state index in [9.17, 15) is 19.5 Å². The number of aliphatic hydroxyl groups excluding tert-OH is 1. The van der Waals surface area contributed by atoms with Crippen LogP contribution in [0.3, 0.4) is 0 Å². The number of aliphatic hydroxyl groups is 1. The Morgan fingerprint density at radius 1 is 1.14 bits per heavy atom. The number of carbonyl (C=O) groups is 3. The van der Waals surface area contributed by atoms with Crippen LogP contribution in [0.5, 0.6) is 0 Å². The number of hydrogen-bond acceptors (Lipinski definition) is 5. The van der Waals surface area contributed by atoms with E-state index in [-0.39, 0.29) is 30.4 Å². The van der Waals surface area contributed by atoms with Crippen molar-refractivity contribution in [3.63, 3.8) is 0 Å². The summed E-state index contributed by atoms with van der Waals surface area (Å²) in [5, 5.41) is 16.2. The highest BCUT2D eigenvalue weighted by Crippen LogP contribution is 2.64. The van der Waals surface area contributed by atoms with Crippen molar-refractivity contribution < 1.29 is 24.2 Å². The van der Waals surface area contributed by atoms with Crippen LogP contribution in [0.25, 0.3) is 0 Å². The minimum Gasteiger partial charge on any atom is -0.394 e. The van der Waals surface area contributed by atoms with Crippen molar-refractivity contribution in [2.75, 3.05) is 11.9 Å². The molecule has 1 spiro atoms. The summed E-state index contributed by atoms with van der Waals surface area (Å²) in [6, 6.07) is 7.89. The fourth-order valence-corrected chi connectivity index (χ4v) is 7.18. The third kappa shape index (κ3) is 3.76. The predicted octanol–water partition coefficient (Wildman–Crippen LogP) is 2.61. The van der Waals surface area contributed by atoms with Gasteiger partial charge >= 0.3 is 0 Å². The van der Waals surface area contributed by atoms with E-state index in [1.165, 1.54) is 11.3 Å². The number of benzene rings is 1. The summed E-state index contributed by atoms with van der Waals surface area (Å²) < 4.78 is 6.74. The summed E-state index contributed by atoms with van der Waals surface area (Å²) in [5.41, 5.74) is -1.18. The van der Waals surface area contributed by atoms with E-state index < -0.39 is 35.1 Å². The van der Waals surface area contributed by atoms with Gasteiger partial charge in [0.1, 0.15) is 11.6 Å². The van der Waals surface area contributed by atoms with Crippen molar-refractivity contribution in [3.05, 3.63) is 30.3 Å². The van der Waals surface area contributed by atoms with Crippen LogP contribution in [0.2, 0.25) is 0 Å². The van der Waals surface area contributed by atoms with Gasteiger partial charge in [-0.25, -0.2) is 0 Å². The van der Waals surface area contributed by atoms with Crippen molar-refractivity contribution in [3.8, 4) is 0 Å². The predicted molar refractivity (Wildman–Crippen MR) is 130 cm³/mol. The zero-order chi connectivity index (χ0) is 24.8. The highest BCUT2D eigenvalue weighted by Gasteiger charge is 2.79. The molecule has 3 saturated heterocycles. The normalized spacial score (nSPS) is 35.1. The topological polar surface area (TPSA) is 108 Å². The van der Waals surface area contributed by atoms with Gasteiger partial charge in [0.15, 0.2) is 0 Å². The number of fused-ring (bicyclic) bond motifs is 1. The van der Waals surface area contributed by atoms with E-state index in [0.717, 1.165) is 25.7 Å². The molecule has 1 saturated carbocycles. The summed E-state index contributed by atoms with van der Waals surface area (Å²) in [5.74, 6) is -2.18. The van der Waals surface area contributed by atoms with Gasteiger partial charge in [0.25, 0.3) is 0 Å². The second-order valence-corrected chi connectivity index (χ2v) is 10.8. The molecule has 2 bridgehead atoms. The van der Waals surface area contributed by atoms with Crippen molar-refractivity contribution in [2.24, 2.45) is 11.8 Å². The molecular formula is C27H37N3O5. The van der Waals surface area contributed by atoms with Crippen molar-refractivity contribution >= 4 is 23.4 Å². The average molecular weight is 484 g/mol. The highest BCUT2D eigenvalue weighted by molar-refractivity contribution is 6.02. The van der Waals surface area contributed by atoms with E-state index in [4.69, 9.17) is 4.74 Å². The van der Waals surface area contributed by atoms with Crippen LogP contribution in [0.1, 0.15) is 65.2 Å². The SMILES string of the molecule is CC[C@@]12CCC3(O1)C(C(=O)NC1CCCCC1)N([C@H](C)CO)C(=O)[C@@H]3[C@@H]2C(=O)Nc1ccccc1. The third-order valence-electron chi connectivity index (χ3n) is 8.88. The number of nitrogens with one attached hydrogen (secondary N) is 2. The van der Waals surface area contributed by atoms with Crippen LogP contribution in [-0.2, 0) is 19.1 Å². The van der Waals surface area contributed by atoms with E-state index >= 15 is 0 Å². The summed E-state index contributed by atoms with van der Waals surface area (Å²) >= 11 is 0. The lowest BCUT2D eigenvalue weighted by molar-refractivity contribution is -0.150. The van der Waals surface area contributed by atoms with Crippen LogP contribution >= 0.6 is 0 Å². The summed E-state index contributed by atoms with van der Waals surface area (Å²) in [6.07, 6.45) is 6.94. The molecule has 3 N–H and O–H groups in total. The number of hydrogen-bond donors (Lipinski definition) is 3. The standard InChI is InChI=1S/C27H37N3O5/c1-3-26-14-15-27(35-26)21(20(26)23(32)28-18-10-6-4-7-11-18)25(34)30(17(2)16-31)22(27)24(33)29-19-12-8-5-9-13-19/h4,6-7,10-11,17,19-22,31H,3,5,8-9,12-16H2,1-2H3,(H,28,32)(H,29,33)/t17-,20-,21+,22?,26+,27?/m1/s1. The van der Waals surface area contributed by atoms with Crippen molar-refractivity contribution in [2.45, 2.75) is 94.5 Å². The number of ether oxygens (including phenoxy) is 1. The number of rotatable bonds is 7. The molecule has 6 atom stereocenters. The molecule has 4 fully saturated rings. The number of para-hydroxylation sites is 1. The summed E-state index contributed by atoms with van der Waals surface area (Å²) in [7, 11) is 0. The van der Waals surface area contributed by atoms with Gasteiger partial charge in [-0.3, -0.25) is 14.4 Å². The fourth-order valence-electron chi connectivity index (χ4n) is 7.18. The lowest BCUT2D eigenvalue weighted by Crippen LogP contribution is -2.59. The quantitative estimate of drug-likeness (QED) is 0.553. The maximum atomic E-state index is 14.0. The molecule has 4 aliphatic rings. The maximum absolute atomic E-state index is 14.0. The lowest BCUT2D eigenvalue weighted by atomic mass is 9.65. The third-order valence-corrected chi connectivity index (χ3v) is 8.88. The van der Waals surface area contributed by atoms with E-state index in [1.54, 1.807) is 6.92 Å². The lowest BCUT2D eigenvalue weighted by Gasteiger charge is -2.37. The number of amides is 3. The number of carbonyl (C=O) groups excluding carboxylic acids is 3. The van der Waals surface area contributed by atoms with Gasteiger partial charge in [0.05, 0.1) is 30.1 Å². The monoisotopic (exact) mass is 483 g/mol. The summed E-state index contributed by atoms with van der Waals surface area (Å²) in [6.45, 7) is 3.47. The molecule has 1 aliphatic carbocycles. The zero-order valence-electron chi connectivity index (χ0n) is 20.7. The summed E-state index contributed by atoms with van der Waals surface area (Å²) in [4.78, 5) is 43.0. The zero-order valence-corrected chi connectivity index (χ0v) is 20.7. The number of likely N-dealkylation sites (tertiary alicyclic amines) is 1. The largest absolute Gasteiger partial charge is 0.394 e. The Hall–Kier alpha value is -2.45. The van der Waals surface area contributed by atoms with Gasteiger partial charge in [-0.2, -0.15) is 0 Å². The minimum absolute atomic E-state index is 0.0870. The molecule has 3 aliphatic heterocycles.